The first-order valence-corrected chi connectivity index (χ1v) is 4.63. The van der Waals surface area contributed by atoms with Gasteiger partial charge in [0.05, 0.1) is 18.2 Å². The molecular formula is C11H10N2O2. The summed E-state index contributed by atoms with van der Waals surface area (Å²) in [6.45, 7) is 0.515. The van der Waals surface area contributed by atoms with Gasteiger partial charge in [-0.15, -0.1) is 0 Å². The van der Waals surface area contributed by atoms with Crippen LogP contribution in [-0.4, -0.2) is 30.0 Å². The SMILES string of the molecule is O=C(O)c1ccccc1C1CN=CC=N1. The number of carboxylic acids is 1. The number of hydrogen-bond acceptors (Lipinski definition) is 3. The molecule has 76 valence electrons. The van der Waals surface area contributed by atoms with Crippen LogP contribution < -0.4 is 0 Å². The molecule has 1 heterocycles. The standard InChI is InChI=1S/C11H10N2O2/c14-11(15)9-4-2-1-3-8(9)10-7-12-5-6-13-10/h1-6,10H,7H2,(H,14,15). The van der Waals surface area contributed by atoms with Crippen LogP contribution in [0.5, 0.6) is 0 Å². The third kappa shape index (κ3) is 1.93. The Bertz CT molecular complexity index is 438. The molecule has 4 heteroatoms. The van der Waals surface area contributed by atoms with Crippen molar-refractivity contribution in [1.82, 2.24) is 0 Å². The minimum atomic E-state index is -0.921. The summed E-state index contributed by atoms with van der Waals surface area (Å²) in [5.41, 5.74) is 1.02. The number of benzene rings is 1. The molecule has 1 aliphatic heterocycles. The monoisotopic (exact) mass is 202 g/mol. The van der Waals surface area contributed by atoms with Gasteiger partial charge in [0.25, 0.3) is 0 Å². The van der Waals surface area contributed by atoms with Crippen LogP contribution in [0.4, 0.5) is 0 Å². The van der Waals surface area contributed by atoms with Gasteiger partial charge in [0, 0.05) is 12.4 Å². The van der Waals surface area contributed by atoms with Gasteiger partial charge in [-0.05, 0) is 11.6 Å². The maximum atomic E-state index is 11.0. The fourth-order valence-electron chi connectivity index (χ4n) is 1.56. The van der Waals surface area contributed by atoms with E-state index in [1.807, 2.05) is 6.07 Å². The first-order chi connectivity index (χ1) is 7.29. The summed E-state index contributed by atoms with van der Waals surface area (Å²) in [4.78, 5) is 19.2. The highest BCUT2D eigenvalue weighted by atomic mass is 16.4. The molecule has 0 spiro atoms. The van der Waals surface area contributed by atoms with E-state index in [-0.39, 0.29) is 6.04 Å². The zero-order chi connectivity index (χ0) is 10.7. The minimum absolute atomic E-state index is 0.165. The maximum Gasteiger partial charge on any atom is 0.336 e. The maximum absolute atomic E-state index is 11.0. The van der Waals surface area contributed by atoms with E-state index < -0.39 is 5.97 Å². The Kier molecular flexibility index (Phi) is 2.58. The number of carbonyl (C=O) groups is 1. The third-order valence-corrected chi connectivity index (χ3v) is 2.27. The topological polar surface area (TPSA) is 62.0 Å². The Morgan fingerprint density at radius 3 is 2.80 bits per heavy atom. The Hall–Kier alpha value is -1.97. The van der Waals surface area contributed by atoms with E-state index in [0.29, 0.717) is 12.1 Å². The van der Waals surface area contributed by atoms with Gasteiger partial charge in [-0.2, -0.15) is 0 Å². The lowest BCUT2D eigenvalue weighted by Crippen LogP contribution is -2.10. The smallest absolute Gasteiger partial charge is 0.336 e. The average molecular weight is 202 g/mol. The van der Waals surface area contributed by atoms with E-state index in [1.54, 1.807) is 30.6 Å². The van der Waals surface area contributed by atoms with E-state index in [0.717, 1.165) is 5.56 Å². The van der Waals surface area contributed by atoms with Crippen LogP contribution in [0.15, 0.2) is 34.3 Å². The second-order valence-electron chi connectivity index (χ2n) is 3.22. The van der Waals surface area contributed by atoms with Gasteiger partial charge in [-0.25, -0.2) is 4.79 Å². The molecule has 0 bridgehead atoms. The highest BCUT2D eigenvalue weighted by Gasteiger charge is 2.17. The van der Waals surface area contributed by atoms with Crippen LogP contribution in [0.3, 0.4) is 0 Å². The molecule has 0 fully saturated rings. The molecule has 4 nitrogen and oxygen atoms in total. The predicted molar refractivity (Wildman–Crippen MR) is 58.0 cm³/mol. The second kappa shape index (κ2) is 4.04. The molecule has 1 unspecified atom stereocenters. The molecule has 15 heavy (non-hydrogen) atoms. The first-order valence-electron chi connectivity index (χ1n) is 4.63. The summed E-state index contributed by atoms with van der Waals surface area (Å²) in [6, 6.07) is 6.73. The minimum Gasteiger partial charge on any atom is -0.478 e. The summed E-state index contributed by atoms with van der Waals surface area (Å²) >= 11 is 0. The number of hydrogen-bond donors (Lipinski definition) is 1. The van der Waals surface area contributed by atoms with Gasteiger partial charge in [0.2, 0.25) is 0 Å². The van der Waals surface area contributed by atoms with E-state index in [1.165, 1.54) is 0 Å². The highest BCUT2D eigenvalue weighted by molar-refractivity contribution is 6.16. The molecule has 2 rings (SSSR count). The fraction of sp³-hybridized carbons (Fsp3) is 0.182. The van der Waals surface area contributed by atoms with Crippen LogP contribution in [0, 0.1) is 0 Å². The van der Waals surface area contributed by atoms with E-state index in [2.05, 4.69) is 9.98 Å². The molecule has 0 radical (unpaired) electrons. The number of aromatic carboxylic acids is 1. The van der Waals surface area contributed by atoms with Crippen LogP contribution >= 0.6 is 0 Å². The zero-order valence-corrected chi connectivity index (χ0v) is 8.00. The average Bonchev–Trinajstić information content (AvgIpc) is 2.30. The molecule has 1 N–H and O–H groups in total. The Morgan fingerprint density at radius 1 is 1.33 bits per heavy atom. The molecule has 1 atom stereocenters. The third-order valence-electron chi connectivity index (χ3n) is 2.27. The lowest BCUT2D eigenvalue weighted by Gasteiger charge is -2.14. The second-order valence-corrected chi connectivity index (χ2v) is 3.22. The number of rotatable bonds is 2. The first kappa shape index (κ1) is 9.58. The van der Waals surface area contributed by atoms with Crippen molar-refractivity contribution in [2.24, 2.45) is 9.98 Å². The molecule has 0 saturated carbocycles. The normalized spacial score (nSPS) is 19.1. The molecule has 0 aromatic heterocycles. The van der Waals surface area contributed by atoms with Crippen molar-refractivity contribution in [1.29, 1.82) is 0 Å². The Morgan fingerprint density at radius 2 is 2.13 bits per heavy atom. The van der Waals surface area contributed by atoms with Crippen LogP contribution in [-0.2, 0) is 0 Å². The predicted octanol–water partition coefficient (Wildman–Crippen LogP) is 1.58. The summed E-state index contributed by atoms with van der Waals surface area (Å²) < 4.78 is 0. The summed E-state index contributed by atoms with van der Waals surface area (Å²) in [5, 5.41) is 9.01. The largest absolute Gasteiger partial charge is 0.478 e. The summed E-state index contributed by atoms with van der Waals surface area (Å²) in [6.07, 6.45) is 3.23. The quantitative estimate of drug-likeness (QED) is 0.791. The summed E-state index contributed by atoms with van der Waals surface area (Å²) in [7, 11) is 0. The number of carboxylic acid groups (broad SMARTS) is 1. The molecule has 1 aromatic rings. The van der Waals surface area contributed by atoms with Gasteiger partial charge in [-0.3, -0.25) is 9.98 Å². The van der Waals surface area contributed by atoms with Gasteiger partial charge >= 0.3 is 5.97 Å². The lowest BCUT2D eigenvalue weighted by atomic mass is 10.0. The van der Waals surface area contributed by atoms with Crippen molar-refractivity contribution >= 4 is 18.4 Å². The van der Waals surface area contributed by atoms with Crippen molar-refractivity contribution in [2.75, 3.05) is 6.54 Å². The lowest BCUT2D eigenvalue weighted by molar-refractivity contribution is 0.0695. The molecule has 1 aromatic carbocycles. The number of aliphatic imine (C=N–C) groups is 2. The number of nitrogens with zero attached hydrogens (tertiary/aromatic N) is 2. The van der Waals surface area contributed by atoms with Crippen molar-refractivity contribution in [3.05, 3.63) is 35.4 Å². The molecule has 1 aliphatic rings. The van der Waals surface area contributed by atoms with Gasteiger partial charge in [-0.1, -0.05) is 18.2 Å². The Balaban J connectivity index is 2.39. The molecular weight excluding hydrogens is 192 g/mol. The van der Waals surface area contributed by atoms with Crippen LogP contribution in [0.1, 0.15) is 22.0 Å². The van der Waals surface area contributed by atoms with Gasteiger partial charge in [0.1, 0.15) is 0 Å². The van der Waals surface area contributed by atoms with Crippen molar-refractivity contribution in [3.63, 3.8) is 0 Å². The summed E-state index contributed by atoms with van der Waals surface area (Å²) in [5.74, 6) is -0.921. The van der Waals surface area contributed by atoms with Crippen molar-refractivity contribution < 1.29 is 9.90 Å². The highest BCUT2D eigenvalue weighted by Crippen LogP contribution is 2.22. The molecule has 0 amide bonds. The van der Waals surface area contributed by atoms with Crippen LogP contribution in [0.2, 0.25) is 0 Å². The van der Waals surface area contributed by atoms with E-state index in [9.17, 15) is 4.79 Å². The van der Waals surface area contributed by atoms with E-state index in [4.69, 9.17) is 5.11 Å². The fourth-order valence-corrected chi connectivity index (χ4v) is 1.56. The molecule has 0 aliphatic carbocycles. The van der Waals surface area contributed by atoms with Crippen molar-refractivity contribution in [2.45, 2.75) is 6.04 Å². The van der Waals surface area contributed by atoms with E-state index >= 15 is 0 Å². The Labute approximate surface area is 87.0 Å². The zero-order valence-electron chi connectivity index (χ0n) is 8.00. The van der Waals surface area contributed by atoms with Gasteiger partial charge < -0.3 is 5.11 Å². The van der Waals surface area contributed by atoms with Crippen LogP contribution in [0.25, 0.3) is 0 Å². The van der Waals surface area contributed by atoms with Gasteiger partial charge in [0.15, 0.2) is 0 Å². The van der Waals surface area contributed by atoms with Crippen molar-refractivity contribution in [3.8, 4) is 0 Å². The molecule has 0 saturated heterocycles.